The van der Waals surface area contributed by atoms with Gasteiger partial charge >= 0.3 is 12.4 Å². The maximum Gasteiger partial charge on any atom is 0.416 e. The number of hydrogen-bond donors (Lipinski definition) is 3. The van der Waals surface area contributed by atoms with Gasteiger partial charge in [0.05, 0.1) is 63.2 Å². The first-order chi connectivity index (χ1) is 38.4. The molecule has 3 N–H and O–H groups in total. The number of rotatable bonds is 11. The molecule has 11 rings (SSSR count). The monoisotopic (exact) mass is 1080 g/mol. The van der Waals surface area contributed by atoms with Crippen LogP contribution < -0.4 is 20.9 Å². The summed E-state index contributed by atoms with van der Waals surface area (Å²) in [6, 6.07) is 34.6. The highest BCUT2D eigenvalue weighted by molar-refractivity contribution is 6.12. The van der Waals surface area contributed by atoms with Gasteiger partial charge in [0.15, 0.2) is 11.6 Å². The van der Waals surface area contributed by atoms with Crippen molar-refractivity contribution < 1.29 is 45.5 Å². The number of carbonyl (C=O) groups is 4. The summed E-state index contributed by atoms with van der Waals surface area (Å²) < 4.78 is 79.4. The molecule has 0 aliphatic carbocycles. The fourth-order valence-corrected chi connectivity index (χ4v) is 8.58. The molecule has 0 atom stereocenters. The molecule has 2 amide bonds. The predicted octanol–water partition coefficient (Wildman–Crippen LogP) is 11.1. The Morgan fingerprint density at radius 2 is 0.963 bits per heavy atom. The molecule has 80 heavy (non-hydrogen) atoms. The third kappa shape index (κ3) is 12.4. The van der Waals surface area contributed by atoms with Crippen LogP contribution >= 0.6 is 0 Å². The van der Waals surface area contributed by atoms with Crippen LogP contribution in [0.25, 0.3) is 44.6 Å². The van der Waals surface area contributed by atoms with Gasteiger partial charge in [0.1, 0.15) is 5.82 Å². The zero-order chi connectivity index (χ0) is 56.1. The zero-order valence-electron chi connectivity index (χ0n) is 42.1. The molecule has 1 saturated heterocycles. The first kappa shape index (κ1) is 53.4. The van der Waals surface area contributed by atoms with E-state index < -0.39 is 35.3 Å². The molecule has 1 aliphatic heterocycles. The Hall–Kier alpha value is -10.0. The van der Waals surface area contributed by atoms with Gasteiger partial charge in [0.25, 0.3) is 11.8 Å². The number of piperazine rings is 1. The van der Waals surface area contributed by atoms with Crippen LogP contribution in [0.3, 0.4) is 0 Å². The van der Waals surface area contributed by atoms with E-state index in [1.54, 1.807) is 85.0 Å². The van der Waals surface area contributed by atoms with Crippen molar-refractivity contribution in [3.63, 3.8) is 0 Å². The second-order valence-corrected chi connectivity index (χ2v) is 18.3. The van der Waals surface area contributed by atoms with Crippen molar-refractivity contribution in [2.45, 2.75) is 12.4 Å². The van der Waals surface area contributed by atoms with Crippen LogP contribution in [0.5, 0.6) is 0 Å². The van der Waals surface area contributed by atoms with Gasteiger partial charge in [0.2, 0.25) is 0 Å². The molecule has 400 valence electrons. The predicted molar refractivity (Wildman–Crippen MR) is 288 cm³/mol. The molecule has 0 radical (unpaired) electrons. The number of nitrogens with zero attached hydrogens (tertiary/aromatic N) is 8. The SMILES string of the molecule is Cn1cc(-c2cnc3ccc(C(=O)c4ccc(NC(=O)c5cccc(C(F)(F)F)c5)cc4)cc3n2)cn1.O=C(Nc1ccc(C(=O)c2ccc3ncc(-c4ccc(N5CCNCC5)nc4)nc3c2)cc1)c1cccc(C(F)(F)F)c1. The number of carbonyl (C=O) groups excluding carboxylic acids is 4. The van der Waals surface area contributed by atoms with Crippen molar-refractivity contribution in [3.05, 3.63) is 221 Å². The zero-order valence-corrected chi connectivity index (χ0v) is 42.1. The quantitative estimate of drug-likeness (QED) is 0.0822. The molecule has 0 bridgehead atoms. The van der Waals surface area contributed by atoms with Crippen LogP contribution in [0.15, 0.2) is 177 Å². The summed E-state index contributed by atoms with van der Waals surface area (Å²) in [5.74, 6) is -0.989. The number of amides is 2. The highest BCUT2D eigenvalue weighted by atomic mass is 19.4. The molecule has 15 nitrogen and oxygen atoms in total. The molecular formula is C59H43F6N11O4. The molecule has 6 aromatic carbocycles. The number of aromatic nitrogens is 7. The molecule has 5 heterocycles. The summed E-state index contributed by atoms with van der Waals surface area (Å²) in [7, 11) is 1.80. The van der Waals surface area contributed by atoms with E-state index in [9.17, 15) is 45.5 Å². The lowest BCUT2D eigenvalue weighted by Crippen LogP contribution is -2.43. The Kier molecular flexibility index (Phi) is 15.0. The Morgan fingerprint density at radius 1 is 0.487 bits per heavy atom. The number of benzene rings is 6. The van der Waals surface area contributed by atoms with E-state index in [0.717, 1.165) is 67.4 Å². The minimum absolute atomic E-state index is 0.127. The molecule has 0 unspecified atom stereocenters. The second-order valence-electron chi connectivity index (χ2n) is 18.3. The van der Waals surface area contributed by atoms with Gasteiger partial charge in [0, 0.05) is 102 Å². The van der Waals surface area contributed by atoms with Crippen molar-refractivity contribution >= 4 is 62.6 Å². The van der Waals surface area contributed by atoms with Crippen LogP contribution in [0.1, 0.15) is 63.7 Å². The number of halogens is 6. The second kappa shape index (κ2) is 22.5. The van der Waals surface area contributed by atoms with E-state index in [4.69, 9.17) is 4.98 Å². The van der Waals surface area contributed by atoms with E-state index in [1.807, 2.05) is 18.3 Å². The fraction of sp³-hybridized carbons (Fsp3) is 0.119. The Balaban J connectivity index is 0.000000182. The van der Waals surface area contributed by atoms with E-state index in [1.165, 1.54) is 60.7 Å². The van der Waals surface area contributed by atoms with Gasteiger partial charge in [-0.05, 0) is 133 Å². The fourth-order valence-electron chi connectivity index (χ4n) is 8.58. The third-order valence-corrected chi connectivity index (χ3v) is 12.8. The number of aryl methyl sites for hydroxylation is 1. The number of anilines is 3. The Morgan fingerprint density at radius 3 is 1.40 bits per heavy atom. The van der Waals surface area contributed by atoms with E-state index >= 15 is 0 Å². The highest BCUT2D eigenvalue weighted by Crippen LogP contribution is 2.32. The largest absolute Gasteiger partial charge is 0.416 e. The highest BCUT2D eigenvalue weighted by Gasteiger charge is 2.32. The van der Waals surface area contributed by atoms with E-state index in [2.05, 4.69) is 45.9 Å². The molecule has 0 spiro atoms. The first-order valence-electron chi connectivity index (χ1n) is 24.6. The van der Waals surface area contributed by atoms with Gasteiger partial charge in [-0.3, -0.25) is 33.8 Å². The van der Waals surface area contributed by atoms with Gasteiger partial charge in [-0.15, -0.1) is 0 Å². The lowest BCUT2D eigenvalue weighted by atomic mass is 10.0. The first-order valence-corrected chi connectivity index (χ1v) is 24.6. The van der Waals surface area contributed by atoms with Gasteiger partial charge < -0.3 is 20.9 Å². The molecule has 10 aromatic rings. The minimum Gasteiger partial charge on any atom is -0.354 e. The standard InChI is InChI=1S/C32H25F3N6O2.C27H18F3N5O2/c33-32(34,35)24-3-1-2-22(16-24)31(43)39-25-8-4-20(5-9-25)30(42)21-6-10-26-27(17-21)40-28(19-37-26)23-7-11-29(38-18-23)41-14-12-36-13-15-41;1-35-15-19(13-32-35)24-14-31-22-10-7-17(12-23(22)34-24)25(36)16-5-8-21(9-6-16)33-26(37)18-3-2-4-20(11-18)27(28,29)30/h1-11,16-19,36H,12-15H2,(H,39,43);2-15H,1H3,(H,33,37). The normalized spacial score (nSPS) is 12.6. The number of pyridine rings is 1. The van der Waals surface area contributed by atoms with Crippen molar-refractivity contribution in [1.29, 1.82) is 0 Å². The number of ketones is 2. The van der Waals surface area contributed by atoms with Crippen molar-refractivity contribution in [2.75, 3.05) is 41.7 Å². The molecule has 21 heteroatoms. The van der Waals surface area contributed by atoms with Crippen molar-refractivity contribution in [3.8, 4) is 22.5 Å². The third-order valence-electron chi connectivity index (χ3n) is 12.8. The topological polar surface area (TPSA) is 190 Å². The number of nitrogens with one attached hydrogen (secondary N) is 3. The van der Waals surface area contributed by atoms with Crippen LogP contribution in [-0.4, -0.2) is 84.3 Å². The Bertz CT molecular complexity index is 3960. The maximum absolute atomic E-state index is 13.3. The minimum atomic E-state index is -4.55. The summed E-state index contributed by atoms with van der Waals surface area (Å²) in [4.78, 5) is 76.3. The van der Waals surface area contributed by atoms with Crippen LogP contribution in [0, 0.1) is 0 Å². The molecule has 4 aromatic heterocycles. The number of hydrogen-bond acceptors (Lipinski definition) is 12. The Labute approximate surface area is 451 Å². The summed E-state index contributed by atoms with van der Waals surface area (Å²) in [6.07, 6.45) is -0.508. The lowest BCUT2D eigenvalue weighted by Gasteiger charge is -2.28. The lowest BCUT2D eigenvalue weighted by molar-refractivity contribution is -0.138. The van der Waals surface area contributed by atoms with Crippen LogP contribution in [-0.2, 0) is 19.4 Å². The average molecular weight is 1080 g/mol. The van der Waals surface area contributed by atoms with E-state index in [0.29, 0.717) is 67.1 Å². The molecule has 1 fully saturated rings. The average Bonchev–Trinajstić information content (AvgIpc) is 4.05. The maximum atomic E-state index is 13.3. The molecule has 1 aliphatic rings. The summed E-state index contributed by atoms with van der Waals surface area (Å²) in [5, 5.41) is 12.6. The van der Waals surface area contributed by atoms with E-state index in [-0.39, 0.29) is 22.7 Å². The molecular weight excluding hydrogens is 1040 g/mol. The van der Waals surface area contributed by atoms with Crippen molar-refractivity contribution in [2.24, 2.45) is 7.05 Å². The van der Waals surface area contributed by atoms with Gasteiger partial charge in [-0.2, -0.15) is 31.4 Å². The van der Waals surface area contributed by atoms with Crippen molar-refractivity contribution in [1.82, 2.24) is 40.0 Å². The summed E-state index contributed by atoms with van der Waals surface area (Å²) >= 11 is 0. The van der Waals surface area contributed by atoms with Crippen LogP contribution in [0.4, 0.5) is 43.5 Å². The molecule has 0 saturated carbocycles. The van der Waals surface area contributed by atoms with Gasteiger partial charge in [-0.25, -0.2) is 15.0 Å². The smallest absolute Gasteiger partial charge is 0.354 e. The summed E-state index contributed by atoms with van der Waals surface area (Å²) in [5.41, 5.74) is 5.42. The summed E-state index contributed by atoms with van der Waals surface area (Å²) in [6.45, 7) is 3.64. The number of fused-ring (bicyclic) bond motifs is 2. The van der Waals surface area contributed by atoms with Crippen LogP contribution in [0.2, 0.25) is 0 Å². The van der Waals surface area contributed by atoms with Gasteiger partial charge in [-0.1, -0.05) is 12.1 Å². The number of alkyl halides is 6.